The summed E-state index contributed by atoms with van der Waals surface area (Å²) in [4.78, 5) is 0. The third-order valence-corrected chi connectivity index (χ3v) is 4.11. The Labute approximate surface area is 144 Å². The van der Waals surface area contributed by atoms with Crippen LogP contribution in [0.15, 0.2) is 78.9 Å². The van der Waals surface area contributed by atoms with E-state index in [1.54, 1.807) is 0 Å². The number of aromatic nitrogens is 2. The molecule has 4 rings (SSSR count). The summed E-state index contributed by atoms with van der Waals surface area (Å²) in [5.74, 6) is 1.61. The Kier molecular flexibility index (Phi) is 3.81. The highest BCUT2D eigenvalue weighted by atomic mass is 32.1. The Balaban J connectivity index is 1.71. The molecule has 0 fully saturated rings. The van der Waals surface area contributed by atoms with Crippen LogP contribution in [0.25, 0.3) is 22.0 Å². The highest BCUT2D eigenvalue weighted by Crippen LogP contribution is 2.29. The van der Waals surface area contributed by atoms with E-state index in [1.807, 2.05) is 78.9 Å². The molecular formula is C20H14N2OS. The van der Waals surface area contributed by atoms with Gasteiger partial charge in [0, 0.05) is 16.3 Å². The van der Waals surface area contributed by atoms with Crippen LogP contribution in [0.2, 0.25) is 0 Å². The lowest BCUT2D eigenvalue weighted by Crippen LogP contribution is -1.91. The number of benzene rings is 3. The summed E-state index contributed by atoms with van der Waals surface area (Å²) in [6.45, 7) is 0. The van der Waals surface area contributed by atoms with E-state index in [0.29, 0.717) is 4.64 Å². The highest BCUT2D eigenvalue weighted by molar-refractivity contribution is 7.71. The summed E-state index contributed by atoms with van der Waals surface area (Å²) in [5, 5.41) is 9.39. The largest absolute Gasteiger partial charge is 0.457 e. The van der Waals surface area contributed by atoms with E-state index in [-0.39, 0.29) is 0 Å². The number of hydrogen-bond acceptors (Lipinski definition) is 3. The molecule has 3 nitrogen and oxygen atoms in total. The van der Waals surface area contributed by atoms with E-state index < -0.39 is 0 Å². The van der Waals surface area contributed by atoms with Crippen molar-refractivity contribution in [2.45, 2.75) is 0 Å². The topological polar surface area (TPSA) is 37.9 Å². The second-order valence-corrected chi connectivity index (χ2v) is 5.79. The van der Waals surface area contributed by atoms with Gasteiger partial charge in [-0.05, 0) is 36.4 Å². The van der Waals surface area contributed by atoms with Crippen LogP contribution in [-0.2, 0) is 0 Å². The van der Waals surface area contributed by atoms with Crippen molar-refractivity contribution in [3.05, 3.63) is 83.5 Å². The van der Waals surface area contributed by atoms with E-state index in [0.717, 1.165) is 33.5 Å². The van der Waals surface area contributed by atoms with E-state index in [1.165, 1.54) is 0 Å². The van der Waals surface area contributed by atoms with Crippen molar-refractivity contribution in [3.63, 3.8) is 0 Å². The Bertz CT molecular complexity index is 1040. The Morgan fingerprint density at radius 2 is 1.33 bits per heavy atom. The number of nitrogens with one attached hydrogen (secondary N) is 1. The van der Waals surface area contributed by atoms with Gasteiger partial charge in [0.1, 0.15) is 16.1 Å². The molecule has 0 amide bonds. The van der Waals surface area contributed by atoms with Crippen molar-refractivity contribution >= 4 is 23.0 Å². The van der Waals surface area contributed by atoms with Gasteiger partial charge in [0.2, 0.25) is 0 Å². The van der Waals surface area contributed by atoms with Crippen LogP contribution in [0.3, 0.4) is 0 Å². The third-order valence-electron chi connectivity index (χ3n) is 3.80. The molecule has 0 saturated carbocycles. The van der Waals surface area contributed by atoms with E-state index >= 15 is 0 Å². The van der Waals surface area contributed by atoms with Crippen LogP contribution >= 0.6 is 12.2 Å². The molecule has 3 aromatic carbocycles. The fraction of sp³-hybridized carbons (Fsp3) is 0. The molecule has 1 N–H and O–H groups in total. The number of ether oxygens (including phenoxy) is 1. The van der Waals surface area contributed by atoms with Crippen molar-refractivity contribution in [3.8, 4) is 22.8 Å². The molecule has 1 aromatic heterocycles. The van der Waals surface area contributed by atoms with Gasteiger partial charge >= 0.3 is 0 Å². The van der Waals surface area contributed by atoms with Gasteiger partial charge in [0.05, 0.1) is 5.69 Å². The first kappa shape index (κ1) is 14.6. The van der Waals surface area contributed by atoms with Gasteiger partial charge in [-0.2, -0.15) is 5.10 Å². The molecular weight excluding hydrogens is 316 g/mol. The quantitative estimate of drug-likeness (QED) is 0.486. The smallest absolute Gasteiger partial charge is 0.127 e. The molecule has 0 unspecified atom stereocenters. The van der Waals surface area contributed by atoms with Crippen LogP contribution in [0, 0.1) is 4.64 Å². The van der Waals surface area contributed by atoms with E-state index in [9.17, 15) is 0 Å². The Morgan fingerprint density at radius 3 is 2.08 bits per heavy atom. The summed E-state index contributed by atoms with van der Waals surface area (Å²) in [7, 11) is 0. The Hall–Kier alpha value is -2.98. The van der Waals surface area contributed by atoms with Crippen LogP contribution in [-0.4, -0.2) is 10.2 Å². The molecule has 4 heteroatoms. The molecule has 0 radical (unpaired) electrons. The molecule has 0 aliphatic rings. The summed E-state index contributed by atoms with van der Waals surface area (Å²) in [6.07, 6.45) is 0. The highest BCUT2D eigenvalue weighted by Gasteiger charge is 2.07. The first-order chi connectivity index (χ1) is 11.8. The molecule has 1 heterocycles. The zero-order valence-electron chi connectivity index (χ0n) is 12.8. The van der Waals surface area contributed by atoms with Gasteiger partial charge in [-0.25, -0.2) is 0 Å². The number of nitrogens with zero attached hydrogens (tertiary/aromatic N) is 1. The number of fused-ring (bicyclic) bond motifs is 1. The van der Waals surface area contributed by atoms with Gasteiger partial charge in [0.25, 0.3) is 0 Å². The molecule has 0 aliphatic carbocycles. The molecule has 4 aromatic rings. The zero-order valence-corrected chi connectivity index (χ0v) is 13.6. The minimum Gasteiger partial charge on any atom is -0.457 e. The molecule has 0 saturated heterocycles. The lowest BCUT2D eigenvalue weighted by molar-refractivity contribution is 0.483. The normalized spacial score (nSPS) is 10.7. The molecule has 0 spiro atoms. The second-order valence-electron chi connectivity index (χ2n) is 5.39. The zero-order chi connectivity index (χ0) is 16.4. The van der Waals surface area contributed by atoms with Crippen LogP contribution < -0.4 is 4.74 Å². The minimum absolute atomic E-state index is 0.651. The van der Waals surface area contributed by atoms with Crippen molar-refractivity contribution in [1.82, 2.24) is 10.2 Å². The van der Waals surface area contributed by atoms with Crippen molar-refractivity contribution in [1.29, 1.82) is 0 Å². The van der Waals surface area contributed by atoms with Crippen molar-refractivity contribution in [2.75, 3.05) is 0 Å². The average molecular weight is 330 g/mol. The van der Waals surface area contributed by atoms with Crippen LogP contribution in [0.5, 0.6) is 11.5 Å². The van der Waals surface area contributed by atoms with Crippen molar-refractivity contribution in [2.24, 2.45) is 0 Å². The number of aromatic amines is 1. The predicted molar refractivity (Wildman–Crippen MR) is 98.9 cm³/mol. The van der Waals surface area contributed by atoms with Gasteiger partial charge in [0.15, 0.2) is 0 Å². The van der Waals surface area contributed by atoms with Crippen LogP contribution in [0.4, 0.5) is 0 Å². The molecule has 116 valence electrons. The fourth-order valence-corrected chi connectivity index (χ4v) is 2.86. The molecule has 0 bridgehead atoms. The van der Waals surface area contributed by atoms with E-state index in [2.05, 4.69) is 10.2 Å². The number of H-pyrrole nitrogens is 1. The van der Waals surface area contributed by atoms with Gasteiger partial charge < -0.3 is 4.74 Å². The molecule has 0 atom stereocenters. The summed E-state index contributed by atoms with van der Waals surface area (Å²) >= 11 is 5.32. The summed E-state index contributed by atoms with van der Waals surface area (Å²) < 4.78 is 6.48. The first-order valence-electron chi connectivity index (χ1n) is 7.62. The Morgan fingerprint density at radius 1 is 0.708 bits per heavy atom. The second kappa shape index (κ2) is 6.26. The SMILES string of the molecule is S=c1[nH]nc(-c2ccc(Oc3ccccc3)cc2)c2ccccc12. The maximum absolute atomic E-state index is 5.83. The lowest BCUT2D eigenvalue weighted by atomic mass is 10.1. The molecule has 0 aliphatic heterocycles. The van der Waals surface area contributed by atoms with Gasteiger partial charge in [-0.1, -0.05) is 54.7 Å². The molecule has 24 heavy (non-hydrogen) atoms. The lowest BCUT2D eigenvalue weighted by Gasteiger charge is -2.08. The maximum atomic E-state index is 5.83. The first-order valence-corrected chi connectivity index (χ1v) is 8.03. The van der Waals surface area contributed by atoms with Crippen LogP contribution in [0.1, 0.15) is 0 Å². The van der Waals surface area contributed by atoms with E-state index in [4.69, 9.17) is 17.0 Å². The van der Waals surface area contributed by atoms with Crippen molar-refractivity contribution < 1.29 is 4.74 Å². The third kappa shape index (κ3) is 2.79. The summed E-state index contributed by atoms with van der Waals surface area (Å²) in [6, 6.07) is 25.6. The van der Waals surface area contributed by atoms with Gasteiger partial charge in [-0.15, -0.1) is 0 Å². The maximum Gasteiger partial charge on any atom is 0.127 e. The standard InChI is InChI=1S/C20H14N2OS/c24-20-18-9-5-4-8-17(18)19(21-22-20)14-10-12-16(13-11-14)23-15-6-2-1-3-7-15/h1-13H,(H,22,24). The fourth-order valence-electron chi connectivity index (χ4n) is 2.64. The minimum atomic E-state index is 0.651. The number of hydrogen-bond donors (Lipinski definition) is 1. The monoisotopic (exact) mass is 330 g/mol. The number of rotatable bonds is 3. The summed E-state index contributed by atoms with van der Waals surface area (Å²) in [5.41, 5.74) is 1.89. The van der Waals surface area contributed by atoms with Gasteiger partial charge in [-0.3, -0.25) is 5.10 Å². The average Bonchev–Trinajstić information content (AvgIpc) is 2.64. The predicted octanol–water partition coefficient (Wildman–Crippen LogP) is 5.75. The number of para-hydroxylation sites is 1.